The molecule has 1 aromatic carbocycles. The van der Waals surface area contributed by atoms with Crippen molar-refractivity contribution in [2.75, 3.05) is 13.1 Å². The van der Waals surface area contributed by atoms with Crippen LogP contribution in [0.3, 0.4) is 0 Å². The fourth-order valence-electron chi connectivity index (χ4n) is 2.99. The van der Waals surface area contributed by atoms with E-state index < -0.39 is 0 Å². The summed E-state index contributed by atoms with van der Waals surface area (Å²) in [5.41, 5.74) is 1.26. The predicted molar refractivity (Wildman–Crippen MR) is 80.3 cm³/mol. The zero-order valence-electron chi connectivity index (χ0n) is 12.1. The Hall–Kier alpha value is -1.81. The molecule has 1 fully saturated rings. The van der Waals surface area contributed by atoms with E-state index in [0.717, 1.165) is 44.7 Å². The Kier molecular flexibility index (Phi) is 4.55. The van der Waals surface area contributed by atoms with Crippen LogP contribution in [0, 0.1) is 5.82 Å². The SMILES string of the molecule is Fc1ccc([C@H]2CCCN(Cc3ncccn3)CC2)cc1. The van der Waals surface area contributed by atoms with Crippen LogP contribution in [-0.2, 0) is 6.54 Å². The molecule has 0 radical (unpaired) electrons. The highest BCUT2D eigenvalue weighted by molar-refractivity contribution is 5.20. The van der Waals surface area contributed by atoms with Crippen LogP contribution in [0.25, 0.3) is 0 Å². The maximum Gasteiger partial charge on any atom is 0.142 e. The van der Waals surface area contributed by atoms with Gasteiger partial charge in [0.2, 0.25) is 0 Å². The Bertz CT molecular complexity index is 556. The number of rotatable bonds is 3. The van der Waals surface area contributed by atoms with Gasteiger partial charge in [-0.25, -0.2) is 14.4 Å². The first-order valence-corrected chi connectivity index (χ1v) is 7.55. The number of likely N-dealkylation sites (tertiary alicyclic amines) is 1. The second-order valence-corrected chi connectivity index (χ2v) is 5.62. The molecule has 1 aliphatic heterocycles. The van der Waals surface area contributed by atoms with Gasteiger partial charge in [0.1, 0.15) is 11.6 Å². The van der Waals surface area contributed by atoms with Crippen LogP contribution in [0.4, 0.5) is 4.39 Å². The summed E-state index contributed by atoms with van der Waals surface area (Å²) in [6, 6.07) is 8.83. The van der Waals surface area contributed by atoms with Gasteiger partial charge in [0.25, 0.3) is 0 Å². The van der Waals surface area contributed by atoms with Crippen molar-refractivity contribution in [1.82, 2.24) is 14.9 Å². The van der Waals surface area contributed by atoms with E-state index in [4.69, 9.17) is 0 Å². The molecule has 110 valence electrons. The van der Waals surface area contributed by atoms with Crippen molar-refractivity contribution in [2.45, 2.75) is 31.7 Å². The maximum atomic E-state index is 13.0. The molecule has 3 nitrogen and oxygen atoms in total. The average Bonchev–Trinajstić information content (AvgIpc) is 2.75. The number of hydrogen-bond acceptors (Lipinski definition) is 3. The van der Waals surface area contributed by atoms with Crippen LogP contribution >= 0.6 is 0 Å². The van der Waals surface area contributed by atoms with Crippen molar-refractivity contribution in [3.8, 4) is 0 Å². The molecule has 1 saturated heterocycles. The maximum absolute atomic E-state index is 13.0. The lowest BCUT2D eigenvalue weighted by atomic mass is 9.92. The first-order valence-electron chi connectivity index (χ1n) is 7.55. The minimum absolute atomic E-state index is 0.157. The number of hydrogen-bond donors (Lipinski definition) is 0. The second-order valence-electron chi connectivity index (χ2n) is 5.62. The van der Waals surface area contributed by atoms with Gasteiger partial charge < -0.3 is 0 Å². The molecule has 0 unspecified atom stereocenters. The lowest BCUT2D eigenvalue weighted by Gasteiger charge is -2.19. The van der Waals surface area contributed by atoms with Gasteiger partial charge in [-0.3, -0.25) is 4.90 Å². The van der Waals surface area contributed by atoms with E-state index in [-0.39, 0.29) is 5.82 Å². The van der Waals surface area contributed by atoms with Crippen molar-refractivity contribution in [2.24, 2.45) is 0 Å². The molecule has 1 aromatic heterocycles. The monoisotopic (exact) mass is 285 g/mol. The van der Waals surface area contributed by atoms with Crippen molar-refractivity contribution in [1.29, 1.82) is 0 Å². The summed E-state index contributed by atoms with van der Waals surface area (Å²) in [7, 11) is 0. The van der Waals surface area contributed by atoms with E-state index in [2.05, 4.69) is 14.9 Å². The normalized spacial score (nSPS) is 20.1. The van der Waals surface area contributed by atoms with E-state index in [1.807, 2.05) is 18.2 Å². The molecule has 0 spiro atoms. The van der Waals surface area contributed by atoms with Crippen molar-refractivity contribution in [3.63, 3.8) is 0 Å². The Morgan fingerprint density at radius 1 is 1.05 bits per heavy atom. The van der Waals surface area contributed by atoms with E-state index in [0.29, 0.717) is 5.92 Å². The molecule has 0 amide bonds. The molecular weight excluding hydrogens is 265 g/mol. The molecule has 1 aliphatic rings. The summed E-state index contributed by atoms with van der Waals surface area (Å²) in [4.78, 5) is 11.0. The van der Waals surface area contributed by atoms with Crippen LogP contribution in [0.1, 0.15) is 36.6 Å². The highest BCUT2D eigenvalue weighted by atomic mass is 19.1. The molecule has 2 heterocycles. The average molecular weight is 285 g/mol. The minimum atomic E-state index is -0.157. The van der Waals surface area contributed by atoms with Crippen LogP contribution in [0.5, 0.6) is 0 Å². The highest BCUT2D eigenvalue weighted by Gasteiger charge is 2.19. The van der Waals surface area contributed by atoms with Gasteiger partial charge in [0.15, 0.2) is 0 Å². The van der Waals surface area contributed by atoms with Crippen LogP contribution < -0.4 is 0 Å². The largest absolute Gasteiger partial charge is 0.296 e. The van der Waals surface area contributed by atoms with Crippen molar-refractivity contribution < 1.29 is 4.39 Å². The third-order valence-corrected chi connectivity index (χ3v) is 4.15. The third kappa shape index (κ3) is 3.85. The van der Waals surface area contributed by atoms with Gasteiger partial charge >= 0.3 is 0 Å². The van der Waals surface area contributed by atoms with Crippen LogP contribution in [0.15, 0.2) is 42.7 Å². The van der Waals surface area contributed by atoms with Gasteiger partial charge in [-0.15, -0.1) is 0 Å². The van der Waals surface area contributed by atoms with Crippen molar-refractivity contribution >= 4 is 0 Å². The first kappa shape index (κ1) is 14.1. The highest BCUT2D eigenvalue weighted by Crippen LogP contribution is 2.28. The molecule has 0 bridgehead atoms. The van der Waals surface area contributed by atoms with E-state index in [1.165, 1.54) is 5.56 Å². The quantitative estimate of drug-likeness (QED) is 0.865. The lowest BCUT2D eigenvalue weighted by Crippen LogP contribution is -2.25. The van der Waals surface area contributed by atoms with E-state index in [9.17, 15) is 4.39 Å². The standard InChI is InChI=1S/C17H20FN3/c18-16-6-4-15(5-7-16)14-3-1-11-21(12-8-14)13-17-19-9-2-10-20-17/h2,4-7,9-10,14H,1,3,8,11-13H2/t14-/m0/s1. The smallest absolute Gasteiger partial charge is 0.142 e. The summed E-state index contributed by atoms with van der Waals surface area (Å²) in [6.45, 7) is 2.94. The Labute approximate surface area is 124 Å². The third-order valence-electron chi connectivity index (χ3n) is 4.15. The molecule has 1 atom stereocenters. The van der Waals surface area contributed by atoms with Gasteiger partial charge in [0, 0.05) is 12.4 Å². The number of aromatic nitrogens is 2. The number of halogens is 1. The van der Waals surface area contributed by atoms with Gasteiger partial charge in [-0.05, 0) is 62.0 Å². The summed E-state index contributed by atoms with van der Waals surface area (Å²) < 4.78 is 13.0. The predicted octanol–water partition coefficient (Wildman–Crippen LogP) is 3.39. The Morgan fingerprint density at radius 3 is 2.57 bits per heavy atom. The summed E-state index contributed by atoms with van der Waals surface area (Å²) >= 11 is 0. The van der Waals surface area contributed by atoms with Gasteiger partial charge in [0.05, 0.1) is 6.54 Å². The van der Waals surface area contributed by atoms with Gasteiger partial charge in [-0.2, -0.15) is 0 Å². The molecule has 2 aromatic rings. The van der Waals surface area contributed by atoms with Crippen LogP contribution in [0.2, 0.25) is 0 Å². The molecule has 0 aliphatic carbocycles. The zero-order chi connectivity index (χ0) is 14.5. The molecule has 21 heavy (non-hydrogen) atoms. The molecule has 3 rings (SSSR count). The minimum Gasteiger partial charge on any atom is -0.296 e. The zero-order valence-corrected chi connectivity index (χ0v) is 12.1. The fourth-order valence-corrected chi connectivity index (χ4v) is 2.99. The second kappa shape index (κ2) is 6.76. The first-order chi connectivity index (χ1) is 10.3. The number of benzene rings is 1. The molecular formula is C17H20FN3. The summed E-state index contributed by atoms with van der Waals surface area (Å²) in [5.74, 6) is 1.26. The summed E-state index contributed by atoms with van der Waals surface area (Å²) in [6.07, 6.45) is 7.02. The Balaban J connectivity index is 1.60. The molecule has 0 N–H and O–H groups in total. The Morgan fingerprint density at radius 2 is 1.81 bits per heavy atom. The van der Waals surface area contributed by atoms with E-state index >= 15 is 0 Å². The summed E-state index contributed by atoms with van der Waals surface area (Å²) in [5, 5.41) is 0. The van der Waals surface area contributed by atoms with Crippen molar-refractivity contribution in [3.05, 3.63) is 59.9 Å². The lowest BCUT2D eigenvalue weighted by molar-refractivity contribution is 0.269. The number of nitrogens with zero attached hydrogens (tertiary/aromatic N) is 3. The molecule has 4 heteroatoms. The van der Waals surface area contributed by atoms with Gasteiger partial charge in [-0.1, -0.05) is 12.1 Å². The topological polar surface area (TPSA) is 29.0 Å². The fraction of sp³-hybridized carbons (Fsp3) is 0.412. The molecule has 0 saturated carbocycles. The van der Waals surface area contributed by atoms with Crippen LogP contribution in [-0.4, -0.2) is 28.0 Å². The van der Waals surface area contributed by atoms with E-state index in [1.54, 1.807) is 24.5 Å².